The number of carbonyl (C=O) groups excluding carboxylic acids is 2. The quantitative estimate of drug-likeness (QED) is 0.557. The molecule has 3 unspecified atom stereocenters. The van der Waals surface area contributed by atoms with Crippen LogP contribution in [-0.4, -0.2) is 41.4 Å². The number of carbonyl (C=O) groups is 2. The van der Waals surface area contributed by atoms with E-state index in [-0.39, 0.29) is 23.9 Å². The van der Waals surface area contributed by atoms with Gasteiger partial charge in [0.1, 0.15) is 0 Å². The highest BCUT2D eigenvalue weighted by Crippen LogP contribution is 2.25. The van der Waals surface area contributed by atoms with Gasteiger partial charge < -0.3 is 5.73 Å². The Labute approximate surface area is 89.0 Å². The first-order chi connectivity index (χ1) is 7.08. The van der Waals surface area contributed by atoms with Gasteiger partial charge in [-0.2, -0.15) is 0 Å². The Morgan fingerprint density at radius 2 is 2.13 bits per heavy atom. The summed E-state index contributed by atoms with van der Waals surface area (Å²) in [6.45, 7) is 2.16. The minimum Gasteiger partial charge on any atom is -0.328 e. The number of amides is 2. The van der Waals surface area contributed by atoms with Gasteiger partial charge in [0.15, 0.2) is 0 Å². The zero-order valence-electron chi connectivity index (χ0n) is 8.90. The molecule has 0 aromatic rings. The topological polar surface area (TPSA) is 75.4 Å². The fourth-order valence-corrected chi connectivity index (χ4v) is 2.47. The summed E-state index contributed by atoms with van der Waals surface area (Å²) in [5.41, 5.74) is 5.83. The summed E-state index contributed by atoms with van der Waals surface area (Å²) >= 11 is 0. The van der Waals surface area contributed by atoms with Crippen LogP contribution >= 0.6 is 0 Å². The van der Waals surface area contributed by atoms with Gasteiger partial charge in [-0.25, -0.2) is 0 Å². The minimum atomic E-state index is -0.210. The van der Waals surface area contributed by atoms with Gasteiger partial charge in [0.05, 0.1) is 12.6 Å². The zero-order valence-corrected chi connectivity index (χ0v) is 8.90. The first-order valence-electron chi connectivity index (χ1n) is 5.43. The molecule has 0 spiro atoms. The van der Waals surface area contributed by atoms with Crippen molar-refractivity contribution in [2.24, 2.45) is 5.73 Å². The Morgan fingerprint density at radius 1 is 1.40 bits per heavy atom. The fourth-order valence-electron chi connectivity index (χ4n) is 2.47. The monoisotopic (exact) mass is 211 g/mol. The van der Waals surface area contributed by atoms with Crippen molar-refractivity contribution in [1.82, 2.24) is 10.2 Å². The van der Waals surface area contributed by atoms with Crippen LogP contribution in [0.2, 0.25) is 0 Å². The molecule has 1 saturated heterocycles. The van der Waals surface area contributed by atoms with Crippen molar-refractivity contribution < 1.29 is 9.59 Å². The van der Waals surface area contributed by atoms with Gasteiger partial charge in [0.25, 0.3) is 0 Å². The molecular weight excluding hydrogens is 194 g/mol. The van der Waals surface area contributed by atoms with Crippen LogP contribution in [0.3, 0.4) is 0 Å². The van der Waals surface area contributed by atoms with Crippen molar-refractivity contribution in [1.29, 1.82) is 0 Å². The molecule has 2 rings (SSSR count). The Kier molecular flexibility index (Phi) is 2.75. The number of hydrogen-bond donors (Lipinski definition) is 2. The van der Waals surface area contributed by atoms with E-state index in [9.17, 15) is 9.59 Å². The summed E-state index contributed by atoms with van der Waals surface area (Å²) in [7, 11) is 0. The van der Waals surface area contributed by atoms with Gasteiger partial charge in [-0.15, -0.1) is 0 Å². The molecule has 5 nitrogen and oxygen atoms in total. The van der Waals surface area contributed by atoms with E-state index in [1.807, 2.05) is 11.8 Å². The third-order valence-electron chi connectivity index (χ3n) is 3.38. The number of rotatable bonds is 1. The largest absolute Gasteiger partial charge is 0.328 e. The van der Waals surface area contributed by atoms with Crippen molar-refractivity contribution in [3.8, 4) is 0 Å². The maximum atomic E-state index is 11.4. The summed E-state index contributed by atoms with van der Waals surface area (Å²) in [5, 5.41) is 2.34. The SMILES string of the molecule is CC1C(=O)NC(=O)CN1C1CCC(N)C1. The number of imide groups is 1. The van der Waals surface area contributed by atoms with E-state index >= 15 is 0 Å². The molecule has 1 saturated carbocycles. The molecule has 2 fully saturated rings. The molecule has 0 aromatic carbocycles. The second-order valence-corrected chi connectivity index (χ2v) is 4.49. The van der Waals surface area contributed by atoms with E-state index in [2.05, 4.69) is 5.32 Å². The summed E-state index contributed by atoms with van der Waals surface area (Å²) in [6.07, 6.45) is 2.88. The second kappa shape index (κ2) is 3.90. The second-order valence-electron chi connectivity index (χ2n) is 4.49. The first-order valence-corrected chi connectivity index (χ1v) is 5.43. The number of hydrogen-bond acceptors (Lipinski definition) is 4. The fraction of sp³-hybridized carbons (Fsp3) is 0.800. The molecular formula is C10H17N3O2. The van der Waals surface area contributed by atoms with Crippen molar-refractivity contribution in [3.63, 3.8) is 0 Å². The van der Waals surface area contributed by atoms with E-state index in [4.69, 9.17) is 5.73 Å². The third kappa shape index (κ3) is 2.03. The lowest BCUT2D eigenvalue weighted by molar-refractivity contribution is -0.140. The summed E-state index contributed by atoms with van der Waals surface area (Å²) < 4.78 is 0. The van der Waals surface area contributed by atoms with Crippen molar-refractivity contribution >= 4 is 11.8 Å². The molecule has 5 heteroatoms. The smallest absolute Gasteiger partial charge is 0.243 e. The number of nitrogens with two attached hydrogens (primary N) is 1. The van der Waals surface area contributed by atoms with Gasteiger partial charge >= 0.3 is 0 Å². The Bertz CT molecular complexity index is 292. The molecule has 1 heterocycles. The highest BCUT2D eigenvalue weighted by Gasteiger charge is 2.37. The van der Waals surface area contributed by atoms with Crippen molar-refractivity contribution in [2.45, 2.75) is 44.3 Å². The maximum absolute atomic E-state index is 11.4. The predicted molar refractivity (Wildman–Crippen MR) is 54.9 cm³/mol. The lowest BCUT2D eigenvalue weighted by atomic mass is 10.1. The molecule has 2 amide bonds. The molecule has 3 atom stereocenters. The molecule has 1 aliphatic carbocycles. The number of piperazine rings is 1. The van der Waals surface area contributed by atoms with Gasteiger partial charge in [0.2, 0.25) is 11.8 Å². The lowest BCUT2D eigenvalue weighted by Gasteiger charge is -2.36. The third-order valence-corrected chi connectivity index (χ3v) is 3.38. The Morgan fingerprint density at radius 3 is 2.73 bits per heavy atom. The van der Waals surface area contributed by atoms with E-state index in [1.165, 1.54) is 0 Å². The highest BCUT2D eigenvalue weighted by molar-refractivity contribution is 6.00. The van der Waals surface area contributed by atoms with Crippen molar-refractivity contribution in [2.75, 3.05) is 6.54 Å². The number of nitrogens with one attached hydrogen (secondary N) is 1. The van der Waals surface area contributed by atoms with Crippen LogP contribution in [0, 0.1) is 0 Å². The van der Waals surface area contributed by atoms with Gasteiger partial charge in [-0.05, 0) is 26.2 Å². The normalized spacial score (nSPS) is 38.1. The van der Waals surface area contributed by atoms with Crippen LogP contribution in [0.25, 0.3) is 0 Å². The van der Waals surface area contributed by atoms with Crippen LogP contribution in [0.4, 0.5) is 0 Å². The predicted octanol–water partition coefficient (Wildman–Crippen LogP) is -0.787. The van der Waals surface area contributed by atoms with E-state index in [1.54, 1.807) is 0 Å². The van der Waals surface area contributed by atoms with Crippen LogP contribution < -0.4 is 11.1 Å². The van der Waals surface area contributed by atoms with Crippen LogP contribution in [-0.2, 0) is 9.59 Å². The molecule has 0 bridgehead atoms. The molecule has 1 aliphatic heterocycles. The van der Waals surface area contributed by atoms with Gasteiger partial charge in [0, 0.05) is 12.1 Å². The first kappa shape index (κ1) is 10.6. The maximum Gasteiger partial charge on any atom is 0.243 e. The van der Waals surface area contributed by atoms with E-state index < -0.39 is 0 Å². The van der Waals surface area contributed by atoms with Crippen LogP contribution in [0.15, 0.2) is 0 Å². The van der Waals surface area contributed by atoms with E-state index in [0.29, 0.717) is 12.6 Å². The standard InChI is InChI=1S/C10H17N3O2/c1-6-10(15)12-9(14)5-13(6)8-3-2-7(11)4-8/h6-8H,2-5,11H2,1H3,(H,12,14,15). The number of nitrogens with zero attached hydrogens (tertiary/aromatic N) is 1. The molecule has 84 valence electrons. The molecule has 0 aromatic heterocycles. The molecule has 15 heavy (non-hydrogen) atoms. The Hall–Kier alpha value is -0.940. The summed E-state index contributed by atoms with van der Waals surface area (Å²) in [4.78, 5) is 24.7. The van der Waals surface area contributed by atoms with Crippen LogP contribution in [0.1, 0.15) is 26.2 Å². The zero-order chi connectivity index (χ0) is 11.0. The average molecular weight is 211 g/mol. The minimum absolute atomic E-state index is 0.188. The Balaban J connectivity index is 2.06. The summed E-state index contributed by atoms with van der Waals surface area (Å²) in [6, 6.07) is 0.310. The summed E-state index contributed by atoms with van der Waals surface area (Å²) in [5.74, 6) is -0.384. The van der Waals surface area contributed by atoms with E-state index in [0.717, 1.165) is 19.3 Å². The molecule has 3 N–H and O–H groups in total. The average Bonchev–Trinajstić information content (AvgIpc) is 2.58. The highest BCUT2D eigenvalue weighted by atomic mass is 16.2. The molecule has 2 aliphatic rings. The van der Waals surface area contributed by atoms with Gasteiger partial charge in [-0.3, -0.25) is 19.8 Å². The molecule has 0 radical (unpaired) electrons. The lowest BCUT2D eigenvalue weighted by Crippen LogP contribution is -2.59. The van der Waals surface area contributed by atoms with Crippen molar-refractivity contribution in [3.05, 3.63) is 0 Å². The van der Waals surface area contributed by atoms with Crippen LogP contribution in [0.5, 0.6) is 0 Å². The van der Waals surface area contributed by atoms with Gasteiger partial charge in [-0.1, -0.05) is 0 Å².